The summed E-state index contributed by atoms with van der Waals surface area (Å²) in [4.78, 5) is 29.3. The predicted molar refractivity (Wildman–Crippen MR) is 104 cm³/mol. The number of para-hydroxylation sites is 1. The number of nitrogens with zero attached hydrogens (tertiary/aromatic N) is 4. The molecule has 29 heavy (non-hydrogen) atoms. The number of amides is 1. The van der Waals surface area contributed by atoms with Crippen molar-refractivity contribution in [1.82, 2.24) is 19.4 Å². The van der Waals surface area contributed by atoms with Gasteiger partial charge in [-0.15, -0.1) is 0 Å². The largest absolute Gasteiger partial charge is 0.481 e. The van der Waals surface area contributed by atoms with Crippen LogP contribution in [-0.4, -0.2) is 31.5 Å². The molecule has 2 aromatic heterocycles. The van der Waals surface area contributed by atoms with Gasteiger partial charge in [0.15, 0.2) is 11.8 Å². The van der Waals surface area contributed by atoms with E-state index in [0.29, 0.717) is 17.1 Å². The van der Waals surface area contributed by atoms with Crippen LogP contribution in [0, 0.1) is 5.82 Å². The summed E-state index contributed by atoms with van der Waals surface area (Å²) in [6, 6.07) is 14.5. The van der Waals surface area contributed by atoms with Crippen LogP contribution in [0.4, 0.5) is 4.39 Å². The lowest BCUT2D eigenvalue weighted by Gasteiger charge is -2.15. The lowest BCUT2D eigenvalue weighted by atomic mass is 10.3. The Balaban J connectivity index is 1.57. The van der Waals surface area contributed by atoms with Gasteiger partial charge in [0.2, 0.25) is 0 Å². The highest BCUT2D eigenvalue weighted by molar-refractivity contribution is 5.88. The fourth-order valence-corrected chi connectivity index (χ4v) is 2.73. The Morgan fingerprint density at radius 1 is 1.14 bits per heavy atom. The monoisotopic (exact) mass is 393 g/mol. The third-order valence-electron chi connectivity index (χ3n) is 4.22. The molecule has 8 nitrogen and oxygen atoms in total. The Labute approximate surface area is 164 Å². The molecule has 0 aliphatic carbocycles. The summed E-state index contributed by atoms with van der Waals surface area (Å²) in [5.74, 6) is -0.352. The summed E-state index contributed by atoms with van der Waals surface area (Å²) in [6.45, 7) is 1.58. The van der Waals surface area contributed by atoms with Crippen LogP contribution in [0.5, 0.6) is 5.75 Å². The zero-order valence-corrected chi connectivity index (χ0v) is 15.3. The number of hydrogen-bond donors (Lipinski definition) is 1. The van der Waals surface area contributed by atoms with Crippen molar-refractivity contribution in [3.05, 3.63) is 83.3 Å². The normalized spacial score (nSPS) is 11.9. The van der Waals surface area contributed by atoms with Gasteiger partial charge in [-0.3, -0.25) is 15.0 Å². The van der Waals surface area contributed by atoms with E-state index in [2.05, 4.69) is 15.5 Å². The molecule has 0 unspecified atom stereocenters. The molecule has 4 rings (SSSR count). The second-order valence-electron chi connectivity index (χ2n) is 6.24. The second kappa shape index (κ2) is 7.55. The molecule has 2 aromatic carbocycles. The van der Waals surface area contributed by atoms with Crippen LogP contribution in [0.25, 0.3) is 16.7 Å². The summed E-state index contributed by atoms with van der Waals surface area (Å²) in [5.41, 5.74) is 2.82. The minimum Gasteiger partial charge on any atom is -0.481 e. The van der Waals surface area contributed by atoms with E-state index >= 15 is 0 Å². The van der Waals surface area contributed by atoms with Crippen molar-refractivity contribution in [2.75, 3.05) is 5.43 Å². The number of nitrogens with one attached hydrogen (secondary N) is 1. The summed E-state index contributed by atoms with van der Waals surface area (Å²) < 4.78 is 21.1. The van der Waals surface area contributed by atoms with E-state index in [1.807, 2.05) is 6.07 Å². The van der Waals surface area contributed by atoms with Gasteiger partial charge in [-0.2, -0.15) is 5.10 Å². The average molecular weight is 393 g/mol. The minimum atomic E-state index is -0.832. The van der Waals surface area contributed by atoms with Gasteiger partial charge in [0, 0.05) is 0 Å². The van der Waals surface area contributed by atoms with Crippen LogP contribution in [-0.2, 0) is 4.79 Å². The van der Waals surface area contributed by atoms with Crippen molar-refractivity contribution in [1.29, 1.82) is 0 Å². The summed E-state index contributed by atoms with van der Waals surface area (Å²) in [5, 5.41) is 4.35. The molecule has 2 heterocycles. The molecule has 0 spiro atoms. The molecule has 1 N–H and O–H groups in total. The molecule has 0 radical (unpaired) electrons. The number of halogens is 1. The Morgan fingerprint density at radius 3 is 2.59 bits per heavy atom. The van der Waals surface area contributed by atoms with Crippen molar-refractivity contribution in [3.8, 4) is 11.4 Å². The lowest BCUT2D eigenvalue weighted by Crippen LogP contribution is -2.39. The lowest BCUT2D eigenvalue weighted by molar-refractivity contribution is -0.123. The number of fused-ring (bicyclic) bond motifs is 1. The molecule has 1 amide bonds. The number of carbonyl (C=O) groups is 1. The van der Waals surface area contributed by atoms with E-state index in [9.17, 15) is 14.0 Å². The molecule has 0 aliphatic heterocycles. The highest BCUT2D eigenvalue weighted by atomic mass is 19.1. The molecule has 0 saturated heterocycles. The molecular formula is C20H16FN5O3. The molecule has 4 aromatic rings. The summed E-state index contributed by atoms with van der Waals surface area (Å²) >= 11 is 0. The summed E-state index contributed by atoms with van der Waals surface area (Å²) in [7, 11) is 0. The van der Waals surface area contributed by atoms with E-state index < -0.39 is 17.6 Å². The highest BCUT2D eigenvalue weighted by Gasteiger charge is 2.17. The van der Waals surface area contributed by atoms with Crippen molar-refractivity contribution in [3.63, 3.8) is 0 Å². The molecule has 0 bridgehead atoms. The van der Waals surface area contributed by atoms with Crippen molar-refractivity contribution in [2.24, 2.45) is 0 Å². The summed E-state index contributed by atoms with van der Waals surface area (Å²) in [6.07, 6.45) is 1.71. The zero-order chi connectivity index (χ0) is 20.4. The van der Waals surface area contributed by atoms with Crippen LogP contribution in [0.1, 0.15) is 6.92 Å². The Bertz CT molecular complexity index is 1220. The van der Waals surface area contributed by atoms with E-state index in [-0.39, 0.29) is 11.2 Å². The van der Waals surface area contributed by atoms with Gasteiger partial charge in [0.05, 0.1) is 11.9 Å². The van der Waals surface area contributed by atoms with Crippen LogP contribution in [0.3, 0.4) is 0 Å². The Kier molecular flexibility index (Phi) is 4.78. The Morgan fingerprint density at radius 2 is 1.86 bits per heavy atom. The van der Waals surface area contributed by atoms with Crippen molar-refractivity contribution >= 4 is 16.9 Å². The Hall–Kier alpha value is -4.01. The maximum absolute atomic E-state index is 13.1. The van der Waals surface area contributed by atoms with Crippen LogP contribution in [0.15, 0.2) is 71.9 Å². The van der Waals surface area contributed by atoms with Crippen molar-refractivity contribution in [2.45, 2.75) is 13.0 Å². The van der Waals surface area contributed by atoms with Gasteiger partial charge in [-0.05, 0) is 43.3 Å². The van der Waals surface area contributed by atoms with Gasteiger partial charge in [0.1, 0.15) is 23.3 Å². The molecule has 1 atom stereocenters. The number of hydrogen-bond acceptors (Lipinski definition) is 5. The van der Waals surface area contributed by atoms with E-state index in [0.717, 1.165) is 4.68 Å². The first-order valence-electron chi connectivity index (χ1n) is 8.77. The molecule has 0 aliphatic rings. The van der Waals surface area contributed by atoms with Crippen LogP contribution >= 0.6 is 0 Å². The first-order chi connectivity index (χ1) is 14.0. The van der Waals surface area contributed by atoms with Gasteiger partial charge in [0.25, 0.3) is 11.5 Å². The number of carbonyl (C=O) groups excluding carboxylic acids is 1. The van der Waals surface area contributed by atoms with Crippen molar-refractivity contribution < 1.29 is 13.9 Å². The fraction of sp³-hybridized carbons (Fsp3) is 0.100. The standard InChI is InChI=1S/C20H16FN5O3/c1-13(29-16-5-3-2-4-6-16)19(27)24-25-12-22-18-17(20(25)28)11-23-26(18)15-9-7-14(21)8-10-15/h2-13H,1H3,(H,24,27)/t13-/m1/s1. The third-order valence-corrected chi connectivity index (χ3v) is 4.22. The SMILES string of the molecule is C[C@@H](Oc1ccccc1)C(=O)Nn1cnc2c(cnn2-c2ccc(F)cc2)c1=O. The minimum absolute atomic E-state index is 0.203. The van der Waals surface area contributed by atoms with E-state index in [4.69, 9.17) is 4.74 Å². The molecule has 146 valence electrons. The molecule has 0 saturated carbocycles. The topological polar surface area (TPSA) is 91.0 Å². The highest BCUT2D eigenvalue weighted by Crippen LogP contribution is 2.14. The maximum atomic E-state index is 13.1. The zero-order valence-electron chi connectivity index (χ0n) is 15.3. The molecular weight excluding hydrogens is 377 g/mol. The smallest absolute Gasteiger partial charge is 0.283 e. The predicted octanol–water partition coefficient (Wildman–Crippen LogP) is 2.26. The van der Waals surface area contributed by atoms with E-state index in [1.54, 1.807) is 31.2 Å². The van der Waals surface area contributed by atoms with Crippen LogP contribution < -0.4 is 15.7 Å². The van der Waals surface area contributed by atoms with Crippen LogP contribution in [0.2, 0.25) is 0 Å². The number of benzene rings is 2. The van der Waals surface area contributed by atoms with Gasteiger partial charge < -0.3 is 4.74 Å². The maximum Gasteiger partial charge on any atom is 0.283 e. The number of ether oxygens (including phenoxy) is 1. The second-order valence-corrected chi connectivity index (χ2v) is 6.24. The third kappa shape index (κ3) is 3.70. The number of aromatic nitrogens is 4. The van der Waals surface area contributed by atoms with Gasteiger partial charge >= 0.3 is 0 Å². The van der Waals surface area contributed by atoms with Gasteiger partial charge in [-0.25, -0.2) is 18.7 Å². The molecule has 0 fully saturated rings. The quantitative estimate of drug-likeness (QED) is 0.562. The average Bonchev–Trinajstić information content (AvgIpc) is 3.16. The fourth-order valence-electron chi connectivity index (χ4n) is 2.73. The molecule has 9 heteroatoms. The number of rotatable bonds is 5. The van der Waals surface area contributed by atoms with E-state index in [1.165, 1.54) is 41.5 Å². The first-order valence-corrected chi connectivity index (χ1v) is 8.77. The first kappa shape index (κ1) is 18.4. The van der Waals surface area contributed by atoms with Gasteiger partial charge in [-0.1, -0.05) is 18.2 Å².